The number of hydrogen-bond donors (Lipinski definition) is 1. The van der Waals surface area contributed by atoms with Crippen LogP contribution in [0.3, 0.4) is 0 Å². The van der Waals surface area contributed by atoms with E-state index in [9.17, 15) is 0 Å². The SMILES string of the molecule is SCCCSCCC1CCC2OC2C1. The third-order valence-electron chi connectivity index (χ3n) is 3.23. The Morgan fingerprint density at radius 1 is 1.21 bits per heavy atom. The number of epoxide rings is 1. The van der Waals surface area contributed by atoms with Gasteiger partial charge in [-0.3, -0.25) is 0 Å². The summed E-state index contributed by atoms with van der Waals surface area (Å²) in [4.78, 5) is 0. The fraction of sp³-hybridized carbons (Fsp3) is 1.00. The molecule has 2 aliphatic rings. The van der Waals surface area contributed by atoms with E-state index in [-0.39, 0.29) is 0 Å². The molecule has 3 unspecified atom stereocenters. The molecule has 0 spiro atoms. The Morgan fingerprint density at radius 2 is 2.14 bits per heavy atom. The third-order valence-corrected chi connectivity index (χ3v) is 4.65. The topological polar surface area (TPSA) is 12.5 Å². The monoisotopic (exact) mass is 232 g/mol. The number of thiol groups is 1. The quantitative estimate of drug-likeness (QED) is 0.429. The van der Waals surface area contributed by atoms with Crippen molar-refractivity contribution in [2.75, 3.05) is 17.3 Å². The standard InChI is InChI=1S/C11H20OS2/c13-5-1-6-14-7-4-9-2-3-10-11(8-9)12-10/h9-11,13H,1-8H2. The summed E-state index contributed by atoms with van der Waals surface area (Å²) in [6.07, 6.45) is 8.08. The zero-order chi connectivity index (χ0) is 9.80. The Kier molecular flexibility index (Phi) is 4.51. The Balaban J connectivity index is 1.48. The highest BCUT2D eigenvalue weighted by Crippen LogP contribution is 2.40. The van der Waals surface area contributed by atoms with Crippen molar-refractivity contribution < 1.29 is 4.74 Å². The Labute approximate surface area is 96.8 Å². The van der Waals surface area contributed by atoms with E-state index >= 15 is 0 Å². The van der Waals surface area contributed by atoms with Crippen LogP contribution in [-0.2, 0) is 4.74 Å². The molecular formula is C11H20OS2. The zero-order valence-corrected chi connectivity index (χ0v) is 10.4. The molecule has 1 nitrogen and oxygen atoms in total. The van der Waals surface area contributed by atoms with Gasteiger partial charge in [0.2, 0.25) is 0 Å². The molecule has 2 rings (SSSR count). The largest absolute Gasteiger partial charge is 0.370 e. The lowest BCUT2D eigenvalue weighted by Gasteiger charge is -2.18. The van der Waals surface area contributed by atoms with Gasteiger partial charge in [0.15, 0.2) is 0 Å². The van der Waals surface area contributed by atoms with Crippen molar-refractivity contribution in [3.05, 3.63) is 0 Å². The van der Waals surface area contributed by atoms with Crippen molar-refractivity contribution in [1.29, 1.82) is 0 Å². The van der Waals surface area contributed by atoms with Gasteiger partial charge in [0.05, 0.1) is 12.2 Å². The minimum absolute atomic E-state index is 0.663. The van der Waals surface area contributed by atoms with Crippen LogP contribution in [0.2, 0.25) is 0 Å². The molecule has 3 atom stereocenters. The van der Waals surface area contributed by atoms with Gasteiger partial charge < -0.3 is 4.74 Å². The van der Waals surface area contributed by atoms with Crippen molar-refractivity contribution in [3.8, 4) is 0 Å². The van der Waals surface area contributed by atoms with E-state index in [1.807, 2.05) is 0 Å². The van der Waals surface area contributed by atoms with Crippen LogP contribution in [0, 0.1) is 5.92 Å². The Hall–Kier alpha value is 0.660. The molecule has 0 aromatic rings. The van der Waals surface area contributed by atoms with Crippen molar-refractivity contribution in [2.24, 2.45) is 5.92 Å². The lowest BCUT2D eigenvalue weighted by molar-refractivity contribution is 0.358. The van der Waals surface area contributed by atoms with E-state index in [0.717, 1.165) is 11.7 Å². The average molecular weight is 232 g/mol. The lowest BCUT2D eigenvalue weighted by Crippen LogP contribution is -2.14. The van der Waals surface area contributed by atoms with Crippen molar-refractivity contribution >= 4 is 24.4 Å². The summed E-state index contributed by atoms with van der Waals surface area (Å²) in [7, 11) is 0. The predicted molar refractivity (Wildman–Crippen MR) is 66.4 cm³/mol. The number of ether oxygens (including phenoxy) is 1. The molecule has 1 aliphatic heterocycles. The summed E-state index contributed by atoms with van der Waals surface area (Å²) in [5.41, 5.74) is 0. The van der Waals surface area contributed by atoms with Gasteiger partial charge in [-0.25, -0.2) is 0 Å². The van der Waals surface area contributed by atoms with Crippen LogP contribution in [0.4, 0.5) is 0 Å². The molecule has 1 aliphatic carbocycles. The van der Waals surface area contributed by atoms with Gasteiger partial charge in [-0.2, -0.15) is 24.4 Å². The number of rotatable bonds is 6. The first-order valence-corrected chi connectivity index (χ1v) is 7.53. The van der Waals surface area contributed by atoms with Gasteiger partial charge in [0, 0.05) is 0 Å². The maximum absolute atomic E-state index is 5.54. The highest BCUT2D eigenvalue weighted by molar-refractivity contribution is 7.99. The molecule has 2 fully saturated rings. The molecule has 0 aromatic carbocycles. The second kappa shape index (κ2) is 5.66. The van der Waals surface area contributed by atoms with Crippen LogP contribution in [0.15, 0.2) is 0 Å². The average Bonchev–Trinajstić information content (AvgIpc) is 2.95. The number of thioether (sulfide) groups is 1. The normalized spacial score (nSPS) is 35.4. The summed E-state index contributed by atoms with van der Waals surface area (Å²) in [6.45, 7) is 0. The highest BCUT2D eigenvalue weighted by Gasteiger charge is 2.43. The zero-order valence-electron chi connectivity index (χ0n) is 8.65. The van der Waals surface area contributed by atoms with Crippen LogP contribution >= 0.6 is 24.4 Å². The summed E-state index contributed by atoms with van der Waals surface area (Å²) in [6, 6.07) is 0. The maximum Gasteiger partial charge on any atom is 0.0844 e. The molecule has 1 heterocycles. The van der Waals surface area contributed by atoms with Crippen molar-refractivity contribution in [2.45, 2.75) is 44.3 Å². The molecule has 0 aromatic heterocycles. The molecule has 82 valence electrons. The van der Waals surface area contributed by atoms with Gasteiger partial charge in [-0.1, -0.05) is 0 Å². The molecule has 1 saturated heterocycles. The van der Waals surface area contributed by atoms with Gasteiger partial charge in [0.1, 0.15) is 0 Å². The van der Waals surface area contributed by atoms with Gasteiger partial charge in [-0.05, 0) is 55.3 Å². The fourth-order valence-corrected chi connectivity index (χ4v) is 3.69. The Morgan fingerprint density at radius 3 is 2.93 bits per heavy atom. The minimum atomic E-state index is 0.663. The molecule has 1 saturated carbocycles. The van der Waals surface area contributed by atoms with Crippen LogP contribution in [0.25, 0.3) is 0 Å². The first-order valence-electron chi connectivity index (χ1n) is 5.74. The van der Waals surface area contributed by atoms with E-state index < -0.39 is 0 Å². The van der Waals surface area contributed by atoms with E-state index in [1.54, 1.807) is 0 Å². The van der Waals surface area contributed by atoms with E-state index in [0.29, 0.717) is 12.2 Å². The highest BCUT2D eigenvalue weighted by atomic mass is 32.2. The smallest absolute Gasteiger partial charge is 0.0844 e. The third kappa shape index (κ3) is 3.35. The van der Waals surface area contributed by atoms with Gasteiger partial charge >= 0.3 is 0 Å². The second-order valence-electron chi connectivity index (χ2n) is 4.37. The van der Waals surface area contributed by atoms with Crippen LogP contribution in [-0.4, -0.2) is 29.5 Å². The summed E-state index contributed by atoms with van der Waals surface area (Å²) < 4.78 is 5.54. The minimum Gasteiger partial charge on any atom is -0.370 e. The molecule has 3 heteroatoms. The van der Waals surface area contributed by atoms with Crippen molar-refractivity contribution in [1.82, 2.24) is 0 Å². The van der Waals surface area contributed by atoms with E-state index in [1.165, 1.54) is 43.6 Å². The van der Waals surface area contributed by atoms with Crippen LogP contribution in [0.1, 0.15) is 32.1 Å². The second-order valence-corrected chi connectivity index (χ2v) is 6.04. The first kappa shape index (κ1) is 11.2. The molecule has 0 amide bonds. The Bertz CT molecular complexity index is 175. The predicted octanol–water partition coefficient (Wildman–Crippen LogP) is 3.00. The molecule has 14 heavy (non-hydrogen) atoms. The fourth-order valence-electron chi connectivity index (χ4n) is 2.27. The first-order chi connectivity index (χ1) is 6.90. The number of fused-ring (bicyclic) bond motifs is 1. The number of hydrogen-bond acceptors (Lipinski definition) is 3. The molecule has 0 radical (unpaired) electrons. The molecule has 0 N–H and O–H groups in total. The summed E-state index contributed by atoms with van der Waals surface area (Å²) >= 11 is 6.31. The molecule has 0 bridgehead atoms. The molecular weight excluding hydrogens is 212 g/mol. The van der Waals surface area contributed by atoms with Crippen molar-refractivity contribution in [3.63, 3.8) is 0 Å². The maximum atomic E-state index is 5.54. The van der Waals surface area contributed by atoms with Crippen LogP contribution < -0.4 is 0 Å². The van der Waals surface area contributed by atoms with Crippen LogP contribution in [0.5, 0.6) is 0 Å². The van der Waals surface area contributed by atoms with E-state index in [2.05, 4.69) is 24.4 Å². The lowest BCUT2D eigenvalue weighted by atomic mass is 9.88. The van der Waals surface area contributed by atoms with E-state index in [4.69, 9.17) is 4.74 Å². The van der Waals surface area contributed by atoms with Gasteiger partial charge in [-0.15, -0.1) is 0 Å². The summed E-state index contributed by atoms with van der Waals surface area (Å²) in [5.74, 6) is 4.63. The van der Waals surface area contributed by atoms with Gasteiger partial charge in [0.25, 0.3) is 0 Å². The summed E-state index contributed by atoms with van der Waals surface area (Å²) in [5, 5.41) is 0.